The zero-order valence-electron chi connectivity index (χ0n) is 13.6. The first-order valence-corrected chi connectivity index (χ1v) is 7.35. The molecule has 0 radical (unpaired) electrons. The first kappa shape index (κ1) is 17.0. The molecule has 0 saturated carbocycles. The lowest BCUT2D eigenvalue weighted by Crippen LogP contribution is -2.72. The third-order valence-corrected chi connectivity index (χ3v) is 4.16. The van der Waals surface area contributed by atoms with Crippen molar-refractivity contribution in [3.8, 4) is 0 Å². The van der Waals surface area contributed by atoms with E-state index in [0.29, 0.717) is 26.0 Å². The second kappa shape index (κ2) is 6.12. The first-order valence-electron chi connectivity index (χ1n) is 7.35. The summed E-state index contributed by atoms with van der Waals surface area (Å²) in [4.78, 5) is 27.1. The van der Waals surface area contributed by atoms with E-state index < -0.39 is 11.6 Å². The molecule has 1 heterocycles. The Hall–Kier alpha value is -1.10. The Bertz CT molecular complexity index is 370. The van der Waals surface area contributed by atoms with Gasteiger partial charge in [-0.3, -0.25) is 9.59 Å². The molecule has 5 heteroatoms. The monoisotopic (exact) mass is 284 g/mol. The highest BCUT2D eigenvalue weighted by Gasteiger charge is 2.51. The van der Waals surface area contributed by atoms with E-state index >= 15 is 0 Å². The summed E-state index contributed by atoms with van der Waals surface area (Å²) in [5.74, 6) is -0.0454. The van der Waals surface area contributed by atoms with Gasteiger partial charge in [0.1, 0.15) is 11.6 Å². The van der Waals surface area contributed by atoms with E-state index in [0.717, 1.165) is 0 Å². The van der Waals surface area contributed by atoms with Gasteiger partial charge < -0.3 is 15.0 Å². The van der Waals surface area contributed by atoms with Crippen LogP contribution >= 0.6 is 0 Å². The van der Waals surface area contributed by atoms with Crippen molar-refractivity contribution in [1.29, 1.82) is 0 Å². The Morgan fingerprint density at radius 2 is 1.80 bits per heavy atom. The van der Waals surface area contributed by atoms with Crippen molar-refractivity contribution in [2.45, 2.75) is 59.0 Å². The van der Waals surface area contributed by atoms with Crippen LogP contribution in [-0.2, 0) is 14.3 Å². The van der Waals surface area contributed by atoms with Gasteiger partial charge in [-0.05, 0) is 18.3 Å². The summed E-state index contributed by atoms with van der Waals surface area (Å²) in [6.45, 7) is 10.7. The van der Waals surface area contributed by atoms with Crippen molar-refractivity contribution in [2.75, 3.05) is 20.3 Å². The predicted molar refractivity (Wildman–Crippen MR) is 78.3 cm³/mol. The summed E-state index contributed by atoms with van der Waals surface area (Å²) in [6.07, 6.45) is 1.21. The average Bonchev–Trinajstić information content (AvgIpc) is 2.37. The molecule has 1 rings (SSSR count). The number of piperazine rings is 1. The highest BCUT2D eigenvalue weighted by Crippen LogP contribution is 2.32. The highest BCUT2D eigenvalue weighted by atomic mass is 16.5. The molecule has 5 nitrogen and oxygen atoms in total. The molecule has 1 unspecified atom stereocenters. The molecule has 1 fully saturated rings. The lowest BCUT2D eigenvalue weighted by molar-refractivity contribution is -0.160. The molecule has 0 aliphatic carbocycles. The maximum Gasteiger partial charge on any atom is 0.249 e. The molecule has 0 aromatic rings. The number of nitrogens with one attached hydrogen (secondary N) is 1. The Balaban J connectivity index is 3.17. The van der Waals surface area contributed by atoms with Crippen molar-refractivity contribution in [1.82, 2.24) is 10.2 Å². The van der Waals surface area contributed by atoms with Gasteiger partial charge in [0.2, 0.25) is 11.8 Å². The van der Waals surface area contributed by atoms with Crippen LogP contribution in [0.25, 0.3) is 0 Å². The number of amides is 2. The number of methoxy groups -OCH3 is 1. The molecule has 116 valence electrons. The molecule has 0 aromatic carbocycles. The van der Waals surface area contributed by atoms with Crippen LogP contribution in [0.2, 0.25) is 0 Å². The molecule has 2 amide bonds. The van der Waals surface area contributed by atoms with E-state index in [1.165, 1.54) is 0 Å². The van der Waals surface area contributed by atoms with Gasteiger partial charge in [0.15, 0.2) is 0 Å². The van der Waals surface area contributed by atoms with Gasteiger partial charge in [-0.1, -0.05) is 34.6 Å². The number of nitrogens with zero attached hydrogens (tertiary/aromatic N) is 1. The van der Waals surface area contributed by atoms with Crippen LogP contribution in [0, 0.1) is 5.41 Å². The second-order valence-electron chi connectivity index (χ2n) is 6.54. The highest BCUT2D eigenvalue weighted by molar-refractivity contribution is 6.00. The Kier molecular flexibility index (Phi) is 5.19. The maximum absolute atomic E-state index is 12.9. The van der Waals surface area contributed by atoms with Gasteiger partial charge in [0.25, 0.3) is 0 Å². The lowest BCUT2D eigenvalue weighted by atomic mass is 9.79. The summed E-state index contributed by atoms with van der Waals surface area (Å²) in [7, 11) is 1.60. The quantitative estimate of drug-likeness (QED) is 0.833. The van der Waals surface area contributed by atoms with Crippen molar-refractivity contribution in [3.05, 3.63) is 0 Å². The van der Waals surface area contributed by atoms with Crippen LogP contribution in [0.1, 0.15) is 47.5 Å². The molecular formula is C15H28N2O3. The van der Waals surface area contributed by atoms with Gasteiger partial charge in [0, 0.05) is 13.7 Å². The van der Waals surface area contributed by atoms with Gasteiger partial charge in [0.05, 0.1) is 6.61 Å². The number of rotatable bonds is 5. The van der Waals surface area contributed by atoms with E-state index in [9.17, 15) is 9.59 Å². The average molecular weight is 284 g/mol. The number of hydrogen-bond acceptors (Lipinski definition) is 3. The molecule has 1 aliphatic rings. The minimum atomic E-state index is -0.757. The number of hydrogen-bond donors (Lipinski definition) is 1. The summed E-state index contributed by atoms with van der Waals surface area (Å²) >= 11 is 0. The molecule has 1 aliphatic heterocycles. The van der Waals surface area contributed by atoms with Crippen LogP contribution < -0.4 is 5.32 Å². The normalized spacial score (nSPS) is 22.9. The molecule has 0 spiro atoms. The van der Waals surface area contributed by atoms with E-state index in [2.05, 4.69) is 5.32 Å². The van der Waals surface area contributed by atoms with Crippen LogP contribution in [0.4, 0.5) is 0 Å². The number of carbonyl (C=O) groups excluding carboxylic acids is 2. The standard InChI is InChI=1S/C15H28N2O3/c1-7-15(8-2)13(19)17(9-10-20-6)11(12(18)16-15)14(3,4)5/h11H,7-10H2,1-6H3,(H,16,18). The molecule has 20 heavy (non-hydrogen) atoms. The van der Waals surface area contributed by atoms with Gasteiger partial charge >= 0.3 is 0 Å². The third kappa shape index (κ3) is 2.97. The van der Waals surface area contributed by atoms with Gasteiger partial charge in [-0.25, -0.2) is 0 Å². The van der Waals surface area contributed by atoms with E-state index in [-0.39, 0.29) is 17.2 Å². The fraction of sp³-hybridized carbons (Fsp3) is 0.867. The first-order chi connectivity index (χ1) is 9.23. The van der Waals surface area contributed by atoms with Gasteiger partial charge in [-0.15, -0.1) is 0 Å². The molecule has 1 saturated heterocycles. The SMILES string of the molecule is CCC1(CC)NC(=O)C(C(C)(C)C)N(CCOC)C1=O. The number of ether oxygens (including phenoxy) is 1. The maximum atomic E-state index is 12.9. The Morgan fingerprint density at radius 1 is 1.25 bits per heavy atom. The fourth-order valence-electron chi connectivity index (χ4n) is 2.90. The van der Waals surface area contributed by atoms with Crippen molar-refractivity contribution in [2.24, 2.45) is 5.41 Å². The summed E-state index contributed by atoms with van der Waals surface area (Å²) in [5, 5.41) is 2.97. The van der Waals surface area contributed by atoms with Crippen molar-refractivity contribution in [3.63, 3.8) is 0 Å². The zero-order valence-corrected chi connectivity index (χ0v) is 13.6. The molecule has 0 aromatic heterocycles. The van der Waals surface area contributed by atoms with E-state index in [1.807, 2.05) is 34.6 Å². The van der Waals surface area contributed by atoms with Gasteiger partial charge in [-0.2, -0.15) is 0 Å². The Labute approximate surface area is 122 Å². The fourth-order valence-corrected chi connectivity index (χ4v) is 2.90. The third-order valence-electron chi connectivity index (χ3n) is 4.16. The van der Waals surface area contributed by atoms with Crippen molar-refractivity contribution < 1.29 is 14.3 Å². The van der Waals surface area contributed by atoms with Crippen LogP contribution in [0.3, 0.4) is 0 Å². The minimum absolute atomic E-state index is 0.0130. The molecule has 0 bridgehead atoms. The molecular weight excluding hydrogens is 256 g/mol. The minimum Gasteiger partial charge on any atom is -0.383 e. The summed E-state index contributed by atoms with van der Waals surface area (Å²) in [5.41, 5.74) is -1.06. The lowest BCUT2D eigenvalue weighted by Gasteiger charge is -2.49. The van der Waals surface area contributed by atoms with E-state index in [1.54, 1.807) is 12.0 Å². The van der Waals surface area contributed by atoms with Crippen molar-refractivity contribution >= 4 is 11.8 Å². The summed E-state index contributed by atoms with van der Waals surface area (Å²) in [6, 6.07) is -0.448. The second-order valence-corrected chi connectivity index (χ2v) is 6.54. The molecule has 1 atom stereocenters. The largest absolute Gasteiger partial charge is 0.383 e. The van der Waals surface area contributed by atoms with E-state index in [4.69, 9.17) is 4.74 Å². The van der Waals surface area contributed by atoms with Crippen LogP contribution in [-0.4, -0.2) is 48.6 Å². The predicted octanol–water partition coefficient (Wildman–Crippen LogP) is 1.56. The zero-order chi connectivity index (χ0) is 15.6. The smallest absolute Gasteiger partial charge is 0.249 e. The number of carbonyl (C=O) groups is 2. The van der Waals surface area contributed by atoms with Crippen LogP contribution in [0.15, 0.2) is 0 Å². The van der Waals surface area contributed by atoms with Crippen LogP contribution in [0.5, 0.6) is 0 Å². The summed E-state index contributed by atoms with van der Waals surface area (Å²) < 4.78 is 5.10. The Morgan fingerprint density at radius 3 is 2.20 bits per heavy atom. The topological polar surface area (TPSA) is 58.6 Å². The molecule has 1 N–H and O–H groups in total.